The number of carbonyl (C=O) groups is 3. The molecule has 0 N–H and O–H groups in total. The maximum atomic E-state index is 14.5. The van der Waals surface area contributed by atoms with Gasteiger partial charge in [0.25, 0.3) is 17.4 Å². The minimum absolute atomic E-state index is 0.00714. The lowest BCUT2D eigenvalue weighted by atomic mass is 10.1. The largest absolute Gasteiger partial charge is 0.511 e. The van der Waals surface area contributed by atoms with Gasteiger partial charge in [-0.25, -0.2) is 32.5 Å². The summed E-state index contributed by atoms with van der Waals surface area (Å²) in [6.07, 6.45) is -5.15. The van der Waals surface area contributed by atoms with E-state index in [4.69, 9.17) is 42.0 Å². The van der Waals surface area contributed by atoms with Crippen LogP contribution < -0.4 is 0 Å². The normalized spacial score (nSPS) is 38.1. The van der Waals surface area contributed by atoms with Gasteiger partial charge in [-0.2, -0.15) is 0 Å². The zero-order valence-corrected chi connectivity index (χ0v) is 21.6. The van der Waals surface area contributed by atoms with Crippen LogP contribution in [0.2, 0.25) is 0 Å². The first-order chi connectivity index (χ1) is 16.5. The van der Waals surface area contributed by atoms with E-state index in [0.717, 1.165) is 0 Å². The Morgan fingerprint density at radius 2 is 0.857 bits per heavy atom. The molecule has 0 aliphatic carbocycles. The van der Waals surface area contributed by atoms with Crippen molar-refractivity contribution in [2.45, 2.75) is 116 Å². The van der Waals surface area contributed by atoms with Gasteiger partial charge in [0.1, 0.15) is 0 Å². The minimum Gasteiger partial charge on any atom is -0.424 e. The van der Waals surface area contributed by atoms with Crippen LogP contribution in [0.3, 0.4) is 0 Å². The summed E-state index contributed by atoms with van der Waals surface area (Å²) in [5.74, 6) is -5.58. The summed E-state index contributed by atoms with van der Waals surface area (Å²) in [7, 11) is -4.92. The average Bonchev–Trinajstić information content (AvgIpc) is 3.43. The number of hydrogen-bond donors (Lipinski definition) is 0. The number of phosphoric ester groups is 1. The average molecular weight is 524 g/mol. The van der Waals surface area contributed by atoms with Crippen molar-refractivity contribution in [3.63, 3.8) is 0 Å². The monoisotopic (exact) mass is 524 g/mol. The molecule has 3 fully saturated rings. The van der Waals surface area contributed by atoms with Crippen molar-refractivity contribution in [1.29, 1.82) is 0 Å². The number of phosphoric acid groups is 1. The molecule has 0 bridgehead atoms. The van der Waals surface area contributed by atoms with Gasteiger partial charge in [-0.05, 0) is 19.3 Å². The first-order valence-electron chi connectivity index (χ1n) is 11.9. The molecule has 14 heteroatoms. The molecule has 0 aromatic heterocycles. The molecule has 200 valence electrons. The Morgan fingerprint density at radius 1 is 0.600 bits per heavy atom. The van der Waals surface area contributed by atoms with Gasteiger partial charge in [-0.3, -0.25) is 0 Å². The van der Waals surface area contributed by atoms with Crippen LogP contribution in [-0.2, 0) is 46.6 Å². The highest BCUT2D eigenvalue weighted by Crippen LogP contribution is 2.63. The van der Waals surface area contributed by atoms with Gasteiger partial charge in [0.15, 0.2) is 18.3 Å². The highest BCUT2D eigenvalue weighted by molar-refractivity contribution is 7.48. The Balaban J connectivity index is 2.07. The van der Waals surface area contributed by atoms with E-state index in [2.05, 4.69) is 0 Å². The summed E-state index contributed by atoms with van der Waals surface area (Å²) >= 11 is 0. The Hall–Kier alpha value is -2.08. The van der Waals surface area contributed by atoms with Crippen LogP contribution in [0.5, 0.6) is 0 Å². The van der Waals surface area contributed by atoms with Gasteiger partial charge in [-0.15, -0.1) is 0 Å². The third-order valence-corrected chi connectivity index (χ3v) is 7.94. The van der Waals surface area contributed by atoms with E-state index < -0.39 is 62.0 Å². The van der Waals surface area contributed by atoms with Gasteiger partial charge in [0.2, 0.25) is 0 Å². The zero-order valence-electron chi connectivity index (χ0n) is 20.7. The fraction of sp³-hybridized carbons (Fsp3) is 0.857. The summed E-state index contributed by atoms with van der Waals surface area (Å²) in [6, 6.07) is 0. The molecule has 6 unspecified atom stereocenters. The first kappa shape index (κ1) is 27.5. The van der Waals surface area contributed by atoms with Gasteiger partial charge < -0.3 is 28.4 Å². The molecule has 0 aromatic carbocycles. The lowest BCUT2D eigenvalue weighted by Gasteiger charge is -2.39. The molecule has 0 aromatic rings. The third kappa shape index (κ3) is 4.96. The number of cyclic esters (lactones) is 6. The zero-order chi connectivity index (χ0) is 26.1. The molecular weight excluding hydrogens is 491 g/mol. The molecule has 3 saturated heterocycles. The summed E-state index contributed by atoms with van der Waals surface area (Å²) in [4.78, 5) is 36.0. The number of carbonyl (C=O) groups excluding carboxylic acids is 3. The third-order valence-electron chi connectivity index (χ3n) is 6.35. The predicted molar refractivity (Wildman–Crippen MR) is 115 cm³/mol. The van der Waals surface area contributed by atoms with Crippen LogP contribution in [0.1, 0.15) is 80.1 Å². The molecule has 3 heterocycles. The molecule has 3 aliphatic rings. The highest BCUT2D eigenvalue weighted by atomic mass is 31.2. The molecule has 3 rings (SSSR count). The van der Waals surface area contributed by atoms with E-state index >= 15 is 0 Å². The SMILES string of the molecule is CCC1OC(=O)OC1(CC)OP(=O)(OC1(CC)OC(=O)OC1CC)OC1(CC)OC(=O)OC1CC. The van der Waals surface area contributed by atoms with Gasteiger partial charge in [0.05, 0.1) is 0 Å². The molecule has 0 spiro atoms. The van der Waals surface area contributed by atoms with Crippen molar-refractivity contribution in [3.8, 4) is 0 Å². The Labute approximate surface area is 203 Å². The van der Waals surface area contributed by atoms with E-state index in [-0.39, 0.29) is 38.5 Å². The second-order valence-electron chi connectivity index (χ2n) is 8.32. The molecule has 6 atom stereocenters. The molecule has 0 saturated carbocycles. The van der Waals surface area contributed by atoms with Crippen molar-refractivity contribution < 1.29 is 60.9 Å². The van der Waals surface area contributed by atoms with Gasteiger partial charge in [0, 0.05) is 19.3 Å². The molecule has 3 aliphatic heterocycles. The lowest BCUT2D eigenvalue weighted by molar-refractivity contribution is -0.225. The van der Waals surface area contributed by atoms with Crippen LogP contribution >= 0.6 is 7.82 Å². The number of hydrogen-bond acceptors (Lipinski definition) is 13. The van der Waals surface area contributed by atoms with Crippen LogP contribution in [0.15, 0.2) is 0 Å². The topological polar surface area (TPSA) is 151 Å². The smallest absolute Gasteiger partial charge is 0.424 e. The van der Waals surface area contributed by atoms with Gasteiger partial charge in [-0.1, -0.05) is 41.5 Å². The standard InChI is InChI=1S/C21H33O13P/c1-7-13-19(10-4,29-16(22)26-13)32-35(25,33-20(11-5)14(8-2)27-17(23)30-20)34-21(12-6)15(9-3)28-18(24)31-21/h13-15H,7-12H2,1-6H3. The maximum Gasteiger partial charge on any atom is 0.511 e. The van der Waals surface area contributed by atoms with E-state index in [1.165, 1.54) is 0 Å². The molecule has 35 heavy (non-hydrogen) atoms. The van der Waals surface area contributed by atoms with Crippen molar-refractivity contribution in [2.24, 2.45) is 0 Å². The van der Waals surface area contributed by atoms with Crippen molar-refractivity contribution in [2.75, 3.05) is 0 Å². The lowest BCUT2D eigenvalue weighted by Crippen LogP contribution is -2.48. The van der Waals surface area contributed by atoms with Crippen molar-refractivity contribution in [3.05, 3.63) is 0 Å². The van der Waals surface area contributed by atoms with Crippen LogP contribution in [0.4, 0.5) is 14.4 Å². The number of rotatable bonds is 12. The second-order valence-corrected chi connectivity index (χ2v) is 9.76. The maximum absolute atomic E-state index is 14.5. The Morgan fingerprint density at radius 3 is 1.06 bits per heavy atom. The van der Waals surface area contributed by atoms with Crippen molar-refractivity contribution >= 4 is 26.3 Å². The summed E-state index contributed by atoms with van der Waals surface area (Å²) in [5.41, 5.74) is 0. The van der Waals surface area contributed by atoms with Gasteiger partial charge >= 0.3 is 26.3 Å². The van der Waals surface area contributed by atoms with Crippen LogP contribution in [0, 0.1) is 0 Å². The highest BCUT2D eigenvalue weighted by Gasteiger charge is 2.64. The quantitative estimate of drug-likeness (QED) is 0.185. The fourth-order valence-electron chi connectivity index (χ4n) is 4.44. The fourth-order valence-corrected chi connectivity index (χ4v) is 6.54. The summed E-state index contributed by atoms with van der Waals surface area (Å²) in [5, 5.41) is 0. The predicted octanol–water partition coefficient (Wildman–Crippen LogP) is 5.30. The molecule has 0 amide bonds. The number of ether oxygens (including phenoxy) is 6. The van der Waals surface area contributed by atoms with E-state index in [1.807, 2.05) is 0 Å². The Kier molecular flexibility index (Phi) is 7.95. The van der Waals surface area contributed by atoms with Crippen LogP contribution in [0.25, 0.3) is 0 Å². The van der Waals surface area contributed by atoms with Crippen molar-refractivity contribution in [1.82, 2.24) is 0 Å². The first-order valence-corrected chi connectivity index (χ1v) is 13.4. The Bertz CT molecular complexity index is 770. The molecule has 13 nitrogen and oxygen atoms in total. The summed E-state index contributed by atoms with van der Waals surface area (Å²) < 4.78 is 63.7. The van der Waals surface area contributed by atoms with E-state index in [9.17, 15) is 18.9 Å². The summed E-state index contributed by atoms with van der Waals surface area (Å²) in [6.45, 7) is 10.0. The minimum atomic E-state index is -4.92. The van der Waals surface area contributed by atoms with E-state index in [1.54, 1.807) is 41.5 Å². The second kappa shape index (κ2) is 10.1. The van der Waals surface area contributed by atoms with E-state index in [0.29, 0.717) is 0 Å². The molecular formula is C21H33O13P. The van der Waals surface area contributed by atoms with Crippen LogP contribution in [-0.4, -0.2) is 54.1 Å². The molecule has 0 radical (unpaired) electrons.